The first-order chi connectivity index (χ1) is 5.83. The predicted molar refractivity (Wildman–Crippen MR) is 51.0 cm³/mol. The van der Waals surface area contributed by atoms with Gasteiger partial charge in [0.25, 0.3) is 0 Å². The van der Waals surface area contributed by atoms with Crippen LogP contribution in [-0.4, -0.2) is 11.7 Å². The van der Waals surface area contributed by atoms with Crippen LogP contribution in [0.5, 0.6) is 0 Å². The fraction of sp³-hybridized carbons (Fsp3) is 0.273. The van der Waals surface area contributed by atoms with E-state index in [9.17, 15) is 0 Å². The Balaban J connectivity index is 2.47. The lowest BCUT2D eigenvalue weighted by molar-refractivity contribution is 0.298. The molecule has 1 N–H and O–H groups in total. The Morgan fingerprint density at radius 2 is 1.92 bits per heavy atom. The van der Waals surface area contributed by atoms with Gasteiger partial charge in [-0.3, -0.25) is 0 Å². The first kappa shape index (κ1) is 9.01. The standard InChI is InChI=1S/C11H14O/c1-10(7-8-12)9-11-5-3-2-4-6-11/h2-6,12H,1,7-9H2. The van der Waals surface area contributed by atoms with Gasteiger partial charge in [0.15, 0.2) is 0 Å². The molecule has 64 valence electrons. The van der Waals surface area contributed by atoms with Crippen LogP contribution in [0, 0.1) is 0 Å². The molecular weight excluding hydrogens is 148 g/mol. The predicted octanol–water partition coefficient (Wildman–Crippen LogP) is 2.17. The smallest absolute Gasteiger partial charge is 0.0468 e. The molecule has 1 aromatic carbocycles. The number of aliphatic hydroxyl groups excluding tert-OH is 1. The Hall–Kier alpha value is -1.08. The van der Waals surface area contributed by atoms with E-state index in [0.717, 1.165) is 12.0 Å². The lowest BCUT2D eigenvalue weighted by Gasteiger charge is -2.02. The molecule has 0 unspecified atom stereocenters. The second-order valence-electron chi connectivity index (χ2n) is 2.89. The van der Waals surface area contributed by atoms with Crippen LogP contribution < -0.4 is 0 Å². The van der Waals surface area contributed by atoms with Crippen molar-refractivity contribution in [2.24, 2.45) is 0 Å². The highest BCUT2D eigenvalue weighted by molar-refractivity contribution is 5.20. The molecule has 1 rings (SSSR count). The highest BCUT2D eigenvalue weighted by atomic mass is 16.2. The topological polar surface area (TPSA) is 20.2 Å². The van der Waals surface area contributed by atoms with Gasteiger partial charge in [0.2, 0.25) is 0 Å². The third-order valence-electron chi connectivity index (χ3n) is 1.76. The molecule has 0 aliphatic heterocycles. The van der Waals surface area contributed by atoms with Crippen LogP contribution in [0.2, 0.25) is 0 Å². The molecule has 0 radical (unpaired) electrons. The fourth-order valence-corrected chi connectivity index (χ4v) is 1.13. The van der Waals surface area contributed by atoms with E-state index in [1.807, 2.05) is 18.2 Å². The van der Waals surface area contributed by atoms with E-state index in [0.29, 0.717) is 6.42 Å². The maximum Gasteiger partial charge on any atom is 0.0468 e. The largest absolute Gasteiger partial charge is 0.396 e. The second kappa shape index (κ2) is 4.73. The van der Waals surface area contributed by atoms with Crippen molar-refractivity contribution in [1.29, 1.82) is 0 Å². The molecule has 0 amide bonds. The number of benzene rings is 1. The lowest BCUT2D eigenvalue weighted by Crippen LogP contribution is -1.91. The zero-order valence-electron chi connectivity index (χ0n) is 7.16. The summed E-state index contributed by atoms with van der Waals surface area (Å²) in [6, 6.07) is 10.2. The van der Waals surface area contributed by atoms with E-state index in [1.54, 1.807) is 0 Å². The first-order valence-electron chi connectivity index (χ1n) is 4.14. The van der Waals surface area contributed by atoms with Crippen molar-refractivity contribution in [3.8, 4) is 0 Å². The summed E-state index contributed by atoms with van der Waals surface area (Å²) in [5.74, 6) is 0. The molecule has 1 heteroatoms. The molecule has 0 saturated carbocycles. The lowest BCUT2D eigenvalue weighted by atomic mass is 10.0. The van der Waals surface area contributed by atoms with Crippen molar-refractivity contribution < 1.29 is 5.11 Å². The average molecular weight is 162 g/mol. The van der Waals surface area contributed by atoms with Gasteiger partial charge in [-0.1, -0.05) is 42.5 Å². The average Bonchev–Trinajstić information content (AvgIpc) is 2.06. The Labute approximate surface area is 73.4 Å². The Bertz CT molecular complexity index is 238. The maximum absolute atomic E-state index is 8.65. The quantitative estimate of drug-likeness (QED) is 0.673. The summed E-state index contributed by atoms with van der Waals surface area (Å²) in [5, 5.41) is 8.65. The summed E-state index contributed by atoms with van der Waals surface area (Å²) in [7, 11) is 0. The van der Waals surface area contributed by atoms with Gasteiger partial charge in [-0.25, -0.2) is 0 Å². The van der Waals surface area contributed by atoms with Crippen LogP contribution in [0.1, 0.15) is 12.0 Å². The van der Waals surface area contributed by atoms with E-state index in [1.165, 1.54) is 5.56 Å². The normalized spacial score (nSPS) is 9.75. The van der Waals surface area contributed by atoms with Gasteiger partial charge in [0.05, 0.1) is 0 Å². The van der Waals surface area contributed by atoms with Crippen LogP contribution in [0.25, 0.3) is 0 Å². The zero-order valence-corrected chi connectivity index (χ0v) is 7.16. The summed E-state index contributed by atoms with van der Waals surface area (Å²) >= 11 is 0. The monoisotopic (exact) mass is 162 g/mol. The van der Waals surface area contributed by atoms with Gasteiger partial charge < -0.3 is 5.11 Å². The minimum Gasteiger partial charge on any atom is -0.396 e. The van der Waals surface area contributed by atoms with Crippen molar-refractivity contribution in [1.82, 2.24) is 0 Å². The number of hydrogen-bond acceptors (Lipinski definition) is 1. The van der Waals surface area contributed by atoms with Gasteiger partial charge >= 0.3 is 0 Å². The SMILES string of the molecule is C=C(CCO)Cc1ccccc1. The number of rotatable bonds is 4. The van der Waals surface area contributed by atoms with Crippen LogP contribution in [0.3, 0.4) is 0 Å². The molecule has 0 saturated heterocycles. The maximum atomic E-state index is 8.65. The van der Waals surface area contributed by atoms with Gasteiger partial charge in [-0.15, -0.1) is 0 Å². The molecular formula is C11H14O. The van der Waals surface area contributed by atoms with E-state index in [2.05, 4.69) is 18.7 Å². The molecule has 0 aliphatic carbocycles. The van der Waals surface area contributed by atoms with Gasteiger partial charge in [-0.2, -0.15) is 0 Å². The molecule has 1 aromatic rings. The highest BCUT2D eigenvalue weighted by Gasteiger charge is 1.94. The van der Waals surface area contributed by atoms with Crippen molar-refractivity contribution in [3.05, 3.63) is 48.0 Å². The minimum absolute atomic E-state index is 0.200. The van der Waals surface area contributed by atoms with Crippen molar-refractivity contribution in [2.45, 2.75) is 12.8 Å². The molecule has 0 aliphatic rings. The second-order valence-corrected chi connectivity index (χ2v) is 2.89. The van der Waals surface area contributed by atoms with Crippen LogP contribution in [0.15, 0.2) is 42.5 Å². The van der Waals surface area contributed by atoms with Crippen molar-refractivity contribution in [2.75, 3.05) is 6.61 Å². The van der Waals surface area contributed by atoms with E-state index in [4.69, 9.17) is 5.11 Å². The molecule has 0 spiro atoms. The number of hydrogen-bond donors (Lipinski definition) is 1. The van der Waals surface area contributed by atoms with E-state index in [-0.39, 0.29) is 6.61 Å². The molecule has 0 atom stereocenters. The summed E-state index contributed by atoms with van der Waals surface area (Å²) < 4.78 is 0. The van der Waals surface area contributed by atoms with Crippen LogP contribution in [-0.2, 0) is 6.42 Å². The fourth-order valence-electron chi connectivity index (χ4n) is 1.13. The Morgan fingerprint density at radius 1 is 1.25 bits per heavy atom. The molecule has 0 aromatic heterocycles. The summed E-state index contributed by atoms with van der Waals surface area (Å²) in [4.78, 5) is 0. The number of aliphatic hydroxyl groups is 1. The summed E-state index contributed by atoms with van der Waals surface area (Å²) in [5.41, 5.74) is 2.35. The van der Waals surface area contributed by atoms with E-state index < -0.39 is 0 Å². The molecule has 12 heavy (non-hydrogen) atoms. The van der Waals surface area contributed by atoms with E-state index >= 15 is 0 Å². The molecule has 0 fully saturated rings. The highest BCUT2D eigenvalue weighted by Crippen LogP contribution is 2.08. The zero-order chi connectivity index (χ0) is 8.81. The molecule has 1 nitrogen and oxygen atoms in total. The summed E-state index contributed by atoms with van der Waals surface area (Å²) in [6.07, 6.45) is 1.58. The van der Waals surface area contributed by atoms with Gasteiger partial charge in [0.1, 0.15) is 0 Å². The van der Waals surface area contributed by atoms with Gasteiger partial charge in [-0.05, 0) is 18.4 Å². The summed E-state index contributed by atoms with van der Waals surface area (Å²) in [6.45, 7) is 4.08. The Kier molecular flexibility index (Phi) is 3.55. The molecule has 0 bridgehead atoms. The first-order valence-corrected chi connectivity index (χ1v) is 4.14. The van der Waals surface area contributed by atoms with Crippen LogP contribution >= 0.6 is 0 Å². The van der Waals surface area contributed by atoms with Crippen molar-refractivity contribution in [3.63, 3.8) is 0 Å². The van der Waals surface area contributed by atoms with Crippen molar-refractivity contribution >= 4 is 0 Å². The van der Waals surface area contributed by atoms with Crippen LogP contribution in [0.4, 0.5) is 0 Å². The van der Waals surface area contributed by atoms with Gasteiger partial charge in [0, 0.05) is 6.61 Å². The third-order valence-corrected chi connectivity index (χ3v) is 1.76. The molecule has 0 heterocycles. The minimum atomic E-state index is 0.200. The third kappa shape index (κ3) is 2.89. The Morgan fingerprint density at radius 3 is 2.50 bits per heavy atom.